The summed E-state index contributed by atoms with van der Waals surface area (Å²) in [5, 5.41) is 9.56. The summed E-state index contributed by atoms with van der Waals surface area (Å²) in [7, 11) is -0.359. The van der Waals surface area contributed by atoms with Crippen LogP contribution in [0.1, 0.15) is 10.4 Å². The van der Waals surface area contributed by atoms with Crippen LogP contribution in [-0.4, -0.2) is 67.9 Å². The quantitative estimate of drug-likeness (QED) is 0.770. The second kappa shape index (κ2) is 7.56. The van der Waals surface area contributed by atoms with E-state index in [9.17, 15) is 13.2 Å². The molecule has 9 heteroatoms. The highest BCUT2D eigenvalue weighted by Gasteiger charge is 2.34. The number of amides is 1. The number of nitrogens with one attached hydrogen (secondary N) is 2. The summed E-state index contributed by atoms with van der Waals surface area (Å²) in [6.07, 6.45) is 3.44. The maximum Gasteiger partial charge on any atom is 0.251 e. The van der Waals surface area contributed by atoms with Crippen molar-refractivity contribution in [3.63, 3.8) is 0 Å². The van der Waals surface area contributed by atoms with E-state index in [-0.39, 0.29) is 23.6 Å². The van der Waals surface area contributed by atoms with Crippen LogP contribution in [0.2, 0.25) is 0 Å². The first-order valence-corrected chi connectivity index (χ1v) is 9.86. The highest BCUT2D eigenvalue weighted by Crippen LogP contribution is 2.20. The molecule has 26 heavy (non-hydrogen) atoms. The van der Waals surface area contributed by atoms with E-state index in [2.05, 4.69) is 15.5 Å². The van der Waals surface area contributed by atoms with Crippen molar-refractivity contribution in [1.82, 2.24) is 19.8 Å². The van der Waals surface area contributed by atoms with E-state index in [0.717, 1.165) is 11.1 Å². The summed E-state index contributed by atoms with van der Waals surface area (Å²) in [5.74, 6) is -0.582. The van der Waals surface area contributed by atoms with Crippen LogP contribution in [0.3, 0.4) is 0 Å². The smallest absolute Gasteiger partial charge is 0.251 e. The lowest BCUT2D eigenvalue weighted by molar-refractivity contribution is 0.0926. The average Bonchev–Trinajstić information content (AvgIpc) is 3.27. The molecule has 0 spiro atoms. The van der Waals surface area contributed by atoms with Gasteiger partial charge in [0.15, 0.2) is 0 Å². The molecule has 0 unspecified atom stereocenters. The highest BCUT2D eigenvalue weighted by molar-refractivity contribution is 7.89. The second-order valence-electron chi connectivity index (χ2n) is 6.51. The lowest BCUT2D eigenvalue weighted by Gasteiger charge is -2.21. The van der Waals surface area contributed by atoms with Crippen LogP contribution in [0.5, 0.6) is 0 Å². The third-order valence-corrected chi connectivity index (χ3v) is 6.41. The van der Waals surface area contributed by atoms with Crippen molar-refractivity contribution >= 4 is 15.9 Å². The molecule has 1 amide bonds. The van der Waals surface area contributed by atoms with Gasteiger partial charge in [0.25, 0.3) is 5.91 Å². The van der Waals surface area contributed by atoms with Gasteiger partial charge in [0, 0.05) is 37.3 Å². The Bertz CT molecular complexity index is 865. The van der Waals surface area contributed by atoms with Crippen LogP contribution in [0.25, 0.3) is 11.1 Å². The molecule has 2 heterocycles. The highest BCUT2D eigenvalue weighted by atomic mass is 32.2. The Labute approximate surface area is 152 Å². The van der Waals surface area contributed by atoms with E-state index in [1.165, 1.54) is 18.4 Å². The molecular formula is C17H22N4O4S. The van der Waals surface area contributed by atoms with E-state index < -0.39 is 10.0 Å². The number of aromatic nitrogens is 2. The van der Waals surface area contributed by atoms with Crippen molar-refractivity contribution in [3.8, 4) is 11.1 Å². The van der Waals surface area contributed by atoms with Crippen LogP contribution >= 0.6 is 0 Å². The van der Waals surface area contributed by atoms with E-state index in [1.807, 2.05) is 6.07 Å². The SMILES string of the molecule is CN(C)S(=O)(=O)C[C@@H]1COC[C@@H]1NC(=O)c1cccc(-c2cn[nH]c2)c1. The van der Waals surface area contributed by atoms with Crippen LogP contribution in [0.15, 0.2) is 36.7 Å². The van der Waals surface area contributed by atoms with E-state index >= 15 is 0 Å². The summed E-state index contributed by atoms with van der Waals surface area (Å²) >= 11 is 0. The molecular weight excluding hydrogens is 356 g/mol. The number of carbonyl (C=O) groups excluding carboxylic acids is 1. The zero-order valence-electron chi connectivity index (χ0n) is 14.7. The summed E-state index contributed by atoms with van der Waals surface area (Å²) < 4.78 is 30.8. The molecule has 1 aliphatic heterocycles. The second-order valence-corrected chi connectivity index (χ2v) is 8.73. The Morgan fingerprint density at radius 3 is 2.85 bits per heavy atom. The van der Waals surface area contributed by atoms with Gasteiger partial charge in [-0.2, -0.15) is 5.10 Å². The van der Waals surface area contributed by atoms with Crippen molar-refractivity contribution in [1.29, 1.82) is 0 Å². The van der Waals surface area contributed by atoms with Gasteiger partial charge in [-0.15, -0.1) is 0 Å². The molecule has 1 aromatic carbocycles. The molecule has 0 saturated carbocycles. The van der Waals surface area contributed by atoms with E-state index in [1.54, 1.807) is 30.6 Å². The Morgan fingerprint density at radius 2 is 2.15 bits per heavy atom. The molecule has 2 N–H and O–H groups in total. The monoisotopic (exact) mass is 378 g/mol. The minimum Gasteiger partial charge on any atom is -0.379 e. The van der Waals surface area contributed by atoms with Gasteiger partial charge in [0.05, 0.1) is 31.2 Å². The number of hydrogen-bond acceptors (Lipinski definition) is 5. The van der Waals surface area contributed by atoms with Crippen LogP contribution < -0.4 is 5.32 Å². The summed E-state index contributed by atoms with van der Waals surface area (Å²) in [4.78, 5) is 12.6. The molecule has 8 nitrogen and oxygen atoms in total. The maximum absolute atomic E-state index is 12.6. The Balaban J connectivity index is 1.70. The van der Waals surface area contributed by atoms with Crippen molar-refractivity contribution in [3.05, 3.63) is 42.2 Å². The largest absolute Gasteiger partial charge is 0.379 e. The predicted octanol–water partition coefficient (Wildman–Crippen LogP) is 0.713. The molecule has 1 aromatic heterocycles. The fourth-order valence-electron chi connectivity index (χ4n) is 2.84. The molecule has 2 aromatic rings. The molecule has 0 bridgehead atoms. The molecule has 1 saturated heterocycles. The predicted molar refractivity (Wildman–Crippen MR) is 97.1 cm³/mol. The van der Waals surface area contributed by atoms with Crippen molar-refractivity contribution < 1.29 is 17.9 Å². The fourth-order valence-corrected chi connectivity index (χ4v) is 4.01. The van der Waals surface area contributed by atoms with Crippen LogP contribution in [-0.2, 0) is 14.8 Å². The third-order valence-electron chi connectivity index (χ3n) is 4.45. The Hall–Kier alpha value is -2.23. The van der Waals surface area contributed by atoms with Gasteiger partial charge in [0.1, 0.15) is 0 Å². The lowest BCUT2D eigenvalue weighted by Crippen LogP contribution is -2.43. The van der Waals surface area contributed by atoms with E-state index in [4.69, 9.17) is 4.74 Å². The van der Waals surface area contributed by atoms with Gasteiger partial charge in [0.2, 0.25) is 10.0 Å². The molecule has 0 aliphatic carbocycles. The minimum absolute atomic E-state index is 0.0555. The number of hydrogen-bond donors (Lipinski definition) is 2. The number of aromatic amines is 1. The number of nitrogens with zero attached hydrogens (tertiary/aromatic N) is 2. The van der Waals surface area contributed by atoms with Crippen LogP contribution in [0.4, 0.5) is 0 Å². The lowest BCUT2D eigenvalue weighted by atomic mass is 10.0. The molecule has 0 radical (unpaired) electrons. The molecule has 1 fully saturated rings. The van der Waals surface area contributed by atoms with Crippen molar-refractivity contribution in [2.24, 2.45) is 5.92 Å². The third kappa shape index (κ3) is 4.12. The number of sulfonamides is 1. The standard InChI is InChI=1S/C17H22N4O4S/c1-21(2)26(23,24)11-15-9-25-10-16(15)20-17(22)13-5-3-4-12(6-13)14-7-18-19-8-14/h3-8,15-16H,9-11H2,1-2H3,(H,18,19)(H,20,22)/t15-,16-/m0/s1. The first-order valence-electron chi connectivity index (χ1n) is 8.25. The topological polar surface area (TPSA) is 104 Å². The first-order chi connectivity index (χ1) is 12.4. The number of benzene rings is 1. The maximum atomic E-state index is 12.6. The summed E-state index contributed by atoms with van der Waals surface area (Å²) in [6.45, 7) is 0.619. The Morgan fingerprint density at radius 1 is 1.35 bits per heavy atom. The number of carbonyl (C=O) groups is 1. The molecule has 3 rings (SSSR count). The van der Waals surface area contributed by atoms with Gasteiger partial charge in [-0.1, -0.05) is 12.1 Å². The zero-order chi connectivity index (χ0) is 18.7. The fraction of sp³-hybridized carbons (Fsp3) is 0.412. The average molecular weight is 378 g/mol. The number of ether oxygens (including phenoxy) is 1. The van der Waals surface area contributed by atoms with E-state index in [0.29, 0.717) is 18.8 Å². The first kappa shape index (κ1) is 18.6. The van der Waals surface area contributed by atoms with Gasteiger partial charge >= 0.3 is 0 Å². The number of H-pyrrole nitrogens is 1. The Kier molecular flexibility index (Phi) is 5.40. The van der Waals surface area contributed by atoms with Crippen LogP contribution in [0, 0.1) is 5.92 Å². The molecule has 1 aliphatic rings. The van der Waals surface area contributed by atoms with Crippen molar-refractivity contribution in [2.75, 3.05) is 33.1 Å². The summed E-state index contributed by atoms with van der Waals surface area (Å²) in [6, 6.07) is 6.86. The molecule has 140 valence electrons. The normalized spacial score (nSPS) is 20.4. The van der Waals surface area contributed by atoms with Gasteiger partial charge in [-0.3, -0.25) is 9.89 Å². The number of rotatable bonds is 6. The zero-order valence-corrected chi connectivity index (χ0v) is 15.5. The van der Waals surface area contributed by atoms with Crippen molar-refractivity contribution in [2.45, 2.75) is 6.04 Å². The summed E-state index contributed by atoms with van der Waals surface area (Å²) in [5.41, 5.74) is 2.27. The van der Waals surface area contributed by atoms with Gasteiger partial charge < -0.3 is 10.1 Å². The minimum atomic E-state index is -3.36. The van der Waals surface area contributed by atoms with Gasteiger partial charge in [-0.05, 0) is 17.7 Å². The molecule has 2 atom stereocenters. The van der Waals surface area contributed by atoms with Gasteiger partial charge in [-0.25, -0.2) is 12.7 Å².